The van der Waals surface area contributed by atoms with Crippen molar-refractivity contribution in [3.8, 4) is 0 Å². The predicted molar refractivity (Wildman–Crippen MR) is 89.1 cm³/mol. The van der Waals surface area contributed by atoms with E-state index in [1.807, 2.05) is 24.3 Å². The number of benzene rings is 2. The molecule has 1 aromatic heterocycles. The number of aromatic amines is 1. The zero-order valence-corrected chi connectivity index (χ0v) is 12.9. The first-order valence-corrected chi connectivity index (χ1v) is 7.37. The number of nitrogens with zero attached hydrogens (tertiary/aromatic N) is 1. The summed E-state index contributed by atoms with van der Waals surface area (Å²) in [6.07, 6.45) is 0. The van der Waals surface area contributed by atoms with Crippen LogP contribution in [-0.2, 0) is 5.41 Å². The Labute approximate surface area is 129 Å². The number of hydrogen-bond acceptors (Lipinski definition) is 2. The van der Waals surface area contributed by atoms with Gasteiger partial charge in [0.1, 0.15) is 0 Å². The molecule has 0 atom stereocenters. The highest BCUT2D eigenvalue weighted by Gasteiger charge is 2.20. The molecule has 0 spiro atoms. The molecule has 0 aliphatic heterocycles. The highest BCUT2D eigenvalue weighted by Crippen LogP contribution is 2.24. The molecule has 1 heterocycles. The van der Waals surface area contributed by atoms with E-state index in [0.29, 0.717) is 5.02 Å². The summed E-state index contributed by atoms with van der Waals surface area (Å²) in [5, 5.41) is 4.09. The molecule has 0 bridgehead atoms. The van der Waals surface area contributed by atoms with Crippen LogP contribution in [0.2, 0.25) is 5.02 Å². The van der Waals surface area contributed by atoms with Crippen LogP contribution >= 0.6 is 11.6 Å². The molecule has 108 valence electrons. The lowest BCUT2D eigenvalue weighted by atomic mass is 9.85. The third-order valence-electron chi connectivity index (χ3n) is 3.70. The van der Waals surface area contributed by atoms with Crippen LogP contribution in [0.25, 0.3) is 11.0 Å². The van der Waals surface area contributed by atoms with E-state index < -0.39 is 0 Å². The minimum Gasteiger partial charge on any atom is -0.355 e. The Bertz CT molecular complexity index is 747. The van der Waals surface area contributed by atoms with Gasteiger partial charge in [0.25, 0.3) is 0 Å². The Morgan fingerprint density at radius 2 is 1.90 bits per heavy atom. The zero-order valence-electron chi connectivity index (χ0n) is 12.2. The summed E-state index contributed by atoms with van der Waals surface area (Å²) in [6, 6.07) is 16.1. The van der Waals surface area contributed by atoms with Gasteiger partial charge >= 0.3 is 0 Å². The second-order valence-electron chi connectivity index (χ2n) is 5.85. The Morgan fingerprint density at radius 3 is 2.67 bits per heavy atom. The molecule has 2 N–H and O–H groups in total. The van der Waals surface area contributed by atoms with Gasteiger partial charge < -0.3 is 10.3 Å². The van der Waals surface area contributed by atoms with Gasteiger partial charge in [-0.2, -0.15) is 0 Å². The molecular formula is C17H18ClN3. The van der Waals surface area contributed by atoms with Crippen molar-refractivity contribution < 1.29 is 0 Å². The normalized spacial score (nSPS) is 11.8. The summed E-state index contributed by atoms with van der Waals surface area (Å²) in [4.78, 5) is 7.78. The topological polar surface area (TPSA) is 40.7 Å². The van der Waals surface area contributed by atoms with Gasteiger partial charge in [-0.15, -0.1) is 0 Å². The van der Waals surface area contributed by atoms with E-state index in [2.05, 4.69) is 53.4 Å². The van der Waals surface area contributed by atoms with E-state index in [-0.39, 0.29) is 5.41 Å². The number of hydrogen-bond donors (Lipinski definition) is 2. The molecule has 21 heavy (non-hydrogen) atoms. The smallest absolute Gasteiger partial charge is 0.201 e. The lowest BCUT2D eigenvalue weighted by molar-refractivity contribution is 0.555. The standard InChI is InChI=1S/C17H18ClN3/c1-17(2,12-6-4-3-5-7-12)11-19-16-20-14-9-8-13(18)10-15(14)21-16/h3-10H,11H2,1-2H3,(H2,19,20,21). The molecule has 0 fully saturated rings. The molecule has 0 saturated carbocycles. The summed E-state index contributed by atoms with van der Waals surface area (Å²) in [5.74, 6) is 0.774. The van der Waals surface area contributed by atoms with Gasteiger partial charge in [-0.3, -0.25) is 0 Å². The van der Waals surface area contributed by atoms with Crippen LogP contribution < -0.4 is 5.32 Å². The number of imidazole rings is 1. The van der Waals surface area contributed by atoms with Crippen LogP contribution in [0.1, 0.15) is 19.4 Å². The van der Waals surface area contributed by atoms with E-state index in [4.69, 9.17) is 11.6 Å². The molecule has 2 aromatic carbocycles. The van der Waals surface area contributed by atoms with E-state index in [0.717, 1.165) is 23.5 Å². The van der Waals surface area contributed by atoms with Crippen molar-refractivity contribution in [2.24, 2.45) is 0 Å². The van der Waals surface area contributed by atoms with E-state index in [1.165, 1.54) is 5.56 Å². The molecule has 0 unspecified atom stereocenters. The van der Waals surface area contributed by atoms with Crippen LogP contribution in [0, 0.1) is 0 Å². The first-order valence-electron chi connectivity index (χ1n) is 6.99. The van der Waals surface area contributed by atoms with Gasteiger partial charge in [0, 0.05) is 17.0 Å². The van der Waals surface area contributed by atoms with E-state index in [9.17, 15) is 0 Å². The van der Waals surface area contributed by atoms with Crippen molar-refractivity contribution in [3.05, 3.63) is 59.1 Å². The molecule has 3 rings (SSSR count). The van der Waals surface area contributed by atoms with Gasteiger partial charge in [-0.1, -0.05) is 55.8 Å². The number of fused-ring (bicyclic) bond motifs is 1. The third kappa shape index (κ3) is 3.03. The Morgan fingerprint density at radius 1 is 1.14 bits per heavy atom. The van der Waals surface area contributed by atoms with Crippen molar-refractivity contribution >= 4 is 28.6 Å². The molecule has 4 heteroatoms. The maximum atomic E-state index is 5.99. The number of aromatic nitrogens is 2. The molecule has 0 aliphatic rings. The summed E-state index contributed by atoms with van der Waals surface area (Å²) in [7, 11) is 0. The lowest BCUT2D eigenvalue weighted by Gasteiger charge is -2.25. The summed E-state index contributed by atoms with van der Waals surface area (Å²) < 4.78 is 0. The number of anilines is 1. The average Bonchev–Trinajstić information content (AvgIpc) is 2.88. The molecular weight excluding hydrogens is 282 g/mol. The van der Waals surface area contributed by atoms with E-state index >= 15 is 0 Å². The van der Waals surface area contributed by atoms with Crippen LogP contribution in [-0.4, -0.2) is 16.5 Å². The first kappa shape index (κ1) is 14.0. The summed E-state index contributed by atoms with van der Waals surface area (Å²) >= 11 is 5.99. The highest BCUT2D eigenvalue weighted by atomic mass is 35.5. The SMILES string of the molecule is CC(C)(CNc1nc2ccc(Cl)cc2[nH]1)c1ccccc1. The van der Waals surface area contributed by atoms with Gasteiger partial charge in [0.15, 0.2) is 0 Å². The number of rotatable bonds is 4. The van der Waals surface area contributed by atoms with Crippen LogP contribution in [0.4, 0.5) is 5.95 Å². The van der Waals surface area contributed by atoms with Crippen molar-refractivity contribution in [2.75, 3.05) is 11.9 Å². The van der Waals surface area contributed by atoms with Crippen molar-refractivity contribution in [3.63, 3.8) is 0 Å². The fourth-order valence-electron chi connectivity index (χ4n) is 2.36. The fraction of sp³-hybridized carbons (Fsp3) is 0.235. The van der Waals surface area contributed by atoms with Gasteiger partial charge in [-0.05, 0) is 23.8 Å². The van der Waals surface area contributed by atoms with Crippen LogP contribution in [0.3, 0.4) is 0 Å². The molecule has 0 amide bonds. The number of nitrogens with one attached hydrogen (secondary N) is 2. The van der Waals surface area contributed by atoms with Crippen molar-refractivity contribution in [1.82, 2.24) is 9.97 Å². The zero-order chi connectivity index (χ0) is 14.9. The maximum Gasteiger partial charge on any atom is 0.201 e. The molecule has 0 aliphatic carbocycles. The van der Waals surface area contributed by atoms with Gasteiger partial charge in [0.2, 0.25) is 5.95 Å². The van der Waals surface area contributed by atoms with Crippen LogP contribution in [0.15, 0.2) is 48.5 Å². The average molecular weight is 300 g/mol. The molecule has 3 aromatic rings. The molecule has 0 saturated heterocycles. The fourth-order valence-corrected chi connectivity index (χ4v) is 2.53. The largest absolute Gasteiger partial charge is 0.355 e. The molecule has 0 radical (unpaired) electrons. The predicted octanol–water partition coefficient (Wildman–Crippen LogP) is 4.61. The maximum absolute atomic E-state index is 5.99. The Kier molecular flexibility index (Phi) is 3.60. The molecule has 3 nitrogen and oxygen atoms in total. The van der Waals surface area contributed by atoms with Crippen LogP contribution in [0.5, 0.6) is 0 Å². The third-order valence-corrected chi connectivity index (χ3v) is 3.93. The highest BCUT2D eigenvalue weighted by molar-refractivity contribution is 6.31. The van der Waals surface area contributed by atoms with Crippen molar-refractivity contribution in [1.29, 1.82) is 0 Å². The minimum atomic E-state index is 0.0257. The van der Waals surface area contributed by atoms with Crippen molar-refractivity contribution in [2.45, 2.75) is 19.3 Å². The lowest BCUT2D eigenvalue weighted by Crippen LogP contribution is -2.27. The monoisotopic (exact) mass is 299 g/mol. The Hall–Kier alpha value is -2.00. The second kappa shape index (κ2) is 5.41. The summed E-state index contributed by atoms with van der Waals surface area (Å²) in [5.41, 5.74) is 3.19. The summed E-state index contributed by atoms with van der Waals surface area (Å²) in [6.45, 7) is 5.23. The number of H-pyrrole nitrogens is 1. The quantitative estimate of drug-likeness (QED) is 0.739. The van der Waals surface area contributed by atoms with Gasteiger partial charge in [0.05, 0.1) is 11.0 Å². The minimum absolute atomic E-state index is 0.0257. The van der Waals surface area contributed by atoms with Gasteiger partial charge in [-0.25, -0.2) is 4.98 Å². The first-order chi connectivity index (χ1) is 10.0. The second-order valence-corrected chi connectivity index (χ2v) is 6.29. The van der Waals surface area contributed by atoms with E-state index in [1.54, 1.807) is 0 Å². The Balaban J connectivity index is 1.77. The number of halogens is 1.